The van der Waals surface area contributed by atoms with E-state index in [1.54, 1.807) is 0 Å². The highest BCUT2D eigenvalue weighted by Gasteiger charge is 1.96. The molecule has 2 rings (SSSR count). The maximum Gasteiger partial charge on any atom is -0.0184 e. The fraction of sp³-hybridized carbons (Fsp3) is 0.0667. The minimum atomic E-state index is 1.11. The molecule has 0 aliphatic rings. The molecule has 0 saturated heterocycles. The first-order valence-electron chi connectivity index (χ1n) is 5.09. The van der Waals surface area contributed by atoms with E-state index in [9.17, 15) is 0 Å². The summed E-state index contributed by atoms with van der Waals surface area (Å²) in [6.45, 7) is 5.95. The number of rotatable bonds is 2. The molecular weight excluding hydrogens is 180 g/mol. The van der Waals surface area contributed by atoms with Gasteiger partial charge in [0, 0.05) is 0 Å². The van der Waals surface area contributed by atoms with Crippen LogP contribution >= 0.6 is 0 Å². The Kier molecular flexibility index (Phi) is 2.68. The summed E-state index contributed by atoms with van der Waals surface area (Å²) >= 11 is 0. The zero-order valence-electron chi connectivity index (χ0n) is 8.90. The van der Waals surface area contributed by atoms with Gasteiger partial charge in [-0.15, -0.1) is 0 Å². The van der Waals surface area contributed by atoms with Crippen molar-refractivity contribution in [3.63, 3.8) is 0 Å². The van der Waals surface area contributed by atoms with E-state index in [-0.39, 0.29) is 0 Å². The summed E-state index contributed by atoms with van der Waals surface area (Å²) in [5.41, 5.74) is 4.82. The lowest BCUT2D eigenvalue weighted by Crippen LogP contribution is -1.80. The molecule has 0 fully saturated rings. The van der Waals surface area contributed by atoms with Gasteiger partial charge in [0.05, 0.1) is 0 Å². The molecule has 0 bridgehead atoms. The van der Waals surface area contributed by atoms with Crippen molar-refractivity contribution in [1.82, 2.24) is 0 Å². The molecule has 0 radical (unpaired) electrons. The maximum atomic E-state index is 3.93. The lowest BCUT2D eigenvalue weighted by atomic mass is 10.0. The Bertz CT molecular complexity index is 449. The third-order valence-corrected chi connectivity index (χ3v) is 2.48. The fourth-order valence-corrected chi connectivity index (χ4v) is 1.58. The van der Waals surface area contributed by atoms with Crippen LogP contribution in [0.25, 0.3) is 16.7 Å². The quantitative estimate of drug-likeness (QED) is 0.665. The summed E-state index contributed by atoms with van der Waals surface area (Å²) in [6, 6.07) is 18.9. The molecule has 0 nitrogen and oxygen atoms in total. The Morgan fingerprint density at radius 2 is 1.33 bits per heavy atom. The third kappa shape index (κ3) is 2.16. The van der Waals surface area contributed by atoms with Crippen LogP contribution in [0.3, 0.4) is 0 Å². The fourth-order valence-electron chi connectivity index (χ4n) is 1.58. The zero-order valence-corrected chi connectivity index (χ0v) is 8.90. The van der Waals surface area contributed by atoms with E-state index in [4.69, 9.17) is 0 Å². The largest absolute Gasteiger partial charge is 0.0955 e. The highest BCUT2D eigenvalue weighted by molar-refractivity contribution is 5.68. The van der Waals surface area contributed by atoms with Crippen LogP contribution in [0.4, 0.5) is 0 Å². The van der Waals surface area contributed by atoms with Crippen molar-refractivity contribution in [2.24, 2.45) is 0 Å². The third-order valence-electron chi connectivity index (χ3n) is 2.48. The lowest BCUT2D eigenvalue weighted by molar-refractivity contribution is 1.56. The molecule has 0 aliphatic carbocycles. The molecule has 0 aliphatic heterocycles. The van der Waals surface area contributed by atoms with E-state index >= 15 is 0 Å². The molecule has 2 aromatic rings. The Hall–Kier alpha value is -1.82. The van der Waals surface area contributed by atoms with Crippen LogP contribution in [0.15, 0.2) is 61.2 Å². The lowest BCUT2D eigenvalue weighted by Gasteiger charge is -2.03. The van der Waals surface area contributed by atoms with Gasteiger partial charge in [-0.3, -0.25) is 0 Å². The molecule has 0 aromatic heterocycles. The Morgan fingerprint density at radius 1 is 0.800 bits per heavy atom. The van der Waals surface area contributed by atoms with Crippen molar-refractivity contribution in [2.75, 3.05) is 0 Å². The topological polar surface area (TPSA) is 0 Å². The molecule has 0 atom stereocenters. The van der Waals surface area contributed by atoms with Crippen LogP contribution in [0.1, 0.15) is 12.5 Å². The van der Waals surface area contributed by atoms with E-state index in [2.05, 4.69) is 55.1 Å². The molecule has 0 heteroatoms. The normalized spacial score (nSPS) is 9.93. The SMILES string of the molecule is C=C(C)c1ccc(-c2ccccc2)cc1. The molecule has 0 saturated carbocycles. The monoisotopic (exact) mass is 194 g/mol. The standard InChI is InChI=1S/C15H14/c1-12(2)13-8-10-15(11-9-13)14-6-4-3-5-7-14/h3-11H,1H2,2H3. The van der Waals surface area contributed by atoms with Gasteiger partial charge >= 0.3 is 0 Å². The van der Waals surface area contributed by atoms with E-state index in [0.29, 0.717) is 0 Å². The number of allylic oxidation sites excluding steroid dienone is 1. The summed E-state index contributed by atoms with van der Waals surface area (Å²) in [6.07, 6.45) is 0. The highest BCUT2D eigenvalue weighted by Crippen LogP contribution is 2.21. The second-order valence-corrected chi connectivity index (χ2v) is 3.72. The van der Waals surface area contributed by atoms with Gasteiger partial charge in [0.1, 0.15) is 0 Å². The smallest absolute Gasteiger partial charge is 0.0184 e. The Balaban J connectivity index is 2.36. The van der Waals surface area contributed by atoms with Crippen LogP contribution in [-0.2, 0) is 0 Å². The van der Waals surface area contributed by atoms with Gasteiger partial charge in [0.25, 0.3) is 0 Å². The summed E-state index contributed by atoms with van der Waals surface area (Å²) in [5.74, 6) is 0. The average Bonchev–Trinajstić information content (AvgIpc) is 2.30. The van der Waals surface area contributed by atoms with Gasteiger partial charge in [-0.1, -0.05) is 66.7 Å². The Labute approximate surface area is 90.9 Å². The molecular formula is C15H14. The average molecular weight is 194 g/mol. The van der Waals surface area contributed by atoms with E-state index in [0.717, 1.165) is 5.57 Å². The van der Waals surface area contributed by atoms with Gasteiger partial charge in [-0.25, -0.2) is 0 Å². The first-order valence-corrected chi connectivity index (χ1v) is 5.09. The van der Waals surface area contributed by atoms with Gasteiger partial charge in [-0.05, 0) is 23.6 Å². The van der Waals surface area contributed by atoms with Crippen LogP contribution in [-0.4, -0.2) is 0 Å². The predicted molar refractivity (Wildman–Crippen MR) is 66.6 cm³/mol. The predicted octanol–water partition coefficient (Wildman–Crippen LogP) is 4.39. The van der Waals surface area contributed by atoms with Crippen LogP contribution in [0.2, 0.25) is 0 Å². The molecule has 74 valence electrons. The molecule has 0 heterocycles. The number of hydrogen-bond acceptors (Lipinski definition) is 0. The van der Waals surface area contributed by atoms with E-state index in [1.165, 1.54) is 16.7 Å². The minimum absolute atomic E-state index is 1.11. The molecule has 0 N–H and O–H groups in total. The van der Waals surface area contributed by atoms with Crippen molar-refractivity contribution >= 4 is 5.57 Å². The number of benzene rings is 2. The van der Waals surface area contributed by atoms with Gasteiger partial charge in [0.15, 0.2) is 0 Å². The van der Waals surface area contributed by atoms with Crippen LogP contribution in [0.5, 0.6) is 0 Å². The van der Waals surface area contributed by atoms with Gasteiger partial charge < -0.3 is 0 Å². The van der Waals surface area contributed by atoms with E-state index in [1.807, 2.05) is 13.0 Å². The summed E-state index contributed by atoms with van der Waals surface area (Å²) in [4.78, 5) is 0. The van der Waals surface area contributed by atoms with Crippen molar-refractivity contribution in [2.45, 2.75) is 6.92 Å². The molecule has 0 amide bonds. The first-order chi connectivity index (χ1) is 7.27. The molecule has 2 aromatic carbocycles. The maximum absolute atomic E-state index is 3.93. The summed E-state index contributed by atoms with van der Waals surface area (Å²) in [7, 11) is 0. The van der Waals surface area contributed by atoms with Crippen molar-refractivity contribution < 1.29 is 0 Å². The second kappa shape index (κ2) is 4.14. The van der Waals surface area contributed by atoms with Crippen molar-refractivity contribution in [3.8, 4) is 11.1 Å². The van der Waals surface area contributed by atoms with Gasteiger partial charge in [0.2, 0.25) is 0 Å². The van der Waals surface area contributed by atoms with E-state index < -0.39 is 0 Å². The minimum Gasteiger partial charge on any atom is -0.0955 e. The molecule has 0 unspecified atom stereocenters. The zero-order chi connectivity index (χ0) is 10.7. The van der Waals surface area contributed by atoms with Gasteiger partial charge in [-0.2, -0.15) is 0 Å². The van der Waals surface area contributed by atoms with Crippen LogP contribution in [0, 0.1) is 0 Å². The highest BCUT2D eigenvalue weighted by atomic mass is 14.0. The second-order valence-electron chi connectivity index (χ2n) is 3.72. The first kappa shape index (κ1) is 9.72. The van der Waals surface area contributed by atoms with Crippen molar-refractivity contribution in [3.05, 3.63) is 66.7 Å². The summed E-state index contributed by atoms with van der Waals surface area (Å²) in [5, 5.41) is 0. The summed E-state index contributed by atoms with van der Waals surface area (Å²) < 4.78 is 0. The molecule has 15 heavy (non-hydrogen) atoms. The number of hydrogen-bond donors (Lipinski definition) is 0. The Morgan fingerprint density at radius 3 is 1.87 bits per heavy atom. The van der Waals surface area contributed by atoms with Crippen LogP contribution < -0.4 is 0 Å². The van der Waals surface area contributed by atoms with Crippen molar-refractivity contribution in [1.29, 1.82) is 0 Å². The molecule has 0 spiro atoms.